The van der Waals surface area contributed by atoms with Gasteiger partial charge in [-0.05, 0) is 24.8 Å². The lowest BCUT2D eigenvalue weighted by Crippen LogP contribution is -2.10. The molecule has 0 aliphatic rings. The van der Waals surface area contributed by atoms with Crippen molar-refractivity contribution in [2.45, 2.75) is 52.5 Å². The first-order chi connectivity index (χ1) is 7.59. The minimum absolute atomic E-state index is 0.216. The summed E-state index contributed by atoms with van der Waals surface area (Å²) in [5.41, 5.74) is 8.74. The molecule has 0 unspecified atom stereocenters. The van der Waals surface area contributed by atoms with Crippen molar-refractivity contribution in [1.82, 2.24) is 0 Å². The maximum atomic E-state index is 6.16. The number of hydrogen-bond acceptors (Lipinski definition) is 1. The highest BCUT2D eigenvalue weighted by Crippen LogP contribution is 2.18. The molecule has 0 aromatic heterocycles. The van der Waals surface area contributed by atoms with Gasteiger partial charge in [-0.25, -0.2) is 0 Å². The van der Waals surface area contributed by atoms with E-state index in [4.69, 9.17) is 5.73 Å². The molecule has 1 atom stereocenters. The van der Waals surface area contributed by atoms with Crippen molar-refractivity contribution in [3.63, 3.8) is 0 Å². The largest absolute Gasteiger partial charge is 0.324 e. The normalized spacial score (nSPS) is 13.1. The van der Waals surface area contributed by atoms with Gasteiger partial charge in [-0.15, -0.1) is 0 Å². The van der Waals surface area contributed by atoms with Gasteiger partial charge in [0, 0.05) is 6.04 Å². The van der Waals surface area contributed by atoms with E-state index in [0.29, 0.717) is 0 Å². The molecular formula is C15H25N. The summed E-state index contributed by atoms with van der Waals surface area (Å²) in [6.07, 6.45) is 4.97. The van der Waals surface area contributed by atoms with Crippen LogP contribution in [0.15, 0.2) is 24.3 Å². The molecule has 16 heavy (non-hydrogen) atoms. The van der Waals surface area contributed by atoms with Gasteiger partial charge in [-0.1, -0.05) is 62.9 Å². The zero-order valence-electron chi connectivity index (χ0n) is 10.9. The van der Waals surface area contributed by atoms with E-state index >= 15 is 0 Å². The smallest absolute Gasteiger partial charge is 0.0294 e. The fourth-order valence-electron chi connectivity index (χ4n) is 1.90. The van der Waals surface area contributed by atoms with Crippen molar-refractivity contribution in [3.8, 4) is 0 Å². The fraction of sp³-hybridized carbons (Fsp3) is 0.600. The Labute approximate surface area is 100 Å². The molecule has 2 N–H and O–H groups in total. The Morgan fingerprint density at radius 3 is 2.12 bits per heavy atom. The summed E-state index contributed by atoms with van der Waals surface area (Å²) in [6, 6.07) is 8.81. The molecule has 1 heteroatoms. The van der Waals surface area contributed by atoms with Crippen molar-refractivity contribution < 1.29 is 0 Å². The lowest BCUT2D eigenvalue weighted by Gasteiger charge is -2.12. The number of nitrogens with two attached hydrogens (primary N) is 1. The molecule has 0 fully saturated rings. The molecule has 0 spiro atoms. The van der Waals surface area contributed by atoms with Crippen LogP contribution in [0.3, 0.4) is 0 Å². The van der Waals surface area contributed by atoms with Gasteiger partial charge < -0.3 is 5.73 Å². The van der Waals surface area contributed by atoms with Crippen LogP contribution >= 0.6 is 0 Å². The second kappa shape index (κ2) is 6.70. The van der Waals surface area contributed by atoms with Crippen molar-refractivity contribution >= 4 is 0 Å². The third kappa shape index (κ3) is 4.80. The highest BCUT2D eigenvalue weighted by Gasteiger charge is 2.05. The second-order valence-corrected chi connectivity index (χ2v) is 5.20. The van der Waals surface area contributed by atoms with Crippen LogP contribution in [-0.4, -0.2) is 0 Å². The Morgan fingerprint density at radius 1 is 1.00 bits per heavy atom. The summed E-state index contributed by atoms with van der Waals surface area (Å²) in [4.78, 5) is 0. The van der Waals surface area contributed by atoms with E-state index in [1.807, 2.05) is 0 Å². The van der Waals surface area contributed by atoms with E-state index in [2.05, 4.69) is 45.0 Å². The Balaban J connectivity index is 2.29. The predicted molar refractivity (Wildman–Crippen MR) is 71.4 cm³/mol. The van der Waals surface area contributed by atoms with Crippen LogP contribution in [-0.2, 0) is 0 Å². The average molecular weight is 219 g/mol. The molecular weight excluding hydrogens is 194 g/mol. The van der Waals surface area contributed by atoms with Gasteiger partial charge in [-0.2, -0.15) is 0 Å². The van der Waals surface area contributed by atoms with Crippen LogP contribution in [0.25, 0.3) is 0 Å². The van der Waals surface area contributed by atoms with Crippen LogP contribution in [0.4, 0.5) is 0 Å². The first kappa shape index (κ1) is 13.2. The maximum absolute atomic E-state index is 6.16. The van der Waals surface area contributed by atoms with Crippen molar-refractivity contribution in [1.29, 1.82) is 0 Å². The molecule has 1 nitrogen and oxygen atoms in total. The molecule has 1 aromatic rings. The number of unbranched alkanes of at least 4 members (excludes halogenated alkanes) is 1. The first-order valence-corrected chi connectivity index (χ1v) is 6.41. The van der Waals surface area contributed by atoms with E-state index in [9.17, 15) is 0 Å². The SMILES string of the molecule is Cc1ccc([C@H](N)CCCCC(C)C)cc1. The quantitative estimate of drug-likeness (QED) is 0.713. The molecule has 0 bridgehead atoms. The van der Waals surface area contributed by atoms with Crippen LogP contribution < -0.4 is 5.73 Å². The third-order valence-electron chi connectivity index (χ3n) is 3.05. The second-order valence-electron chi connectivity index (χ2n) is 5.20. The number of aryl methyl sites for hydroxylation is 1. The van der Waals surface area contributed by atoms with E-state index in [-0.39, 0.29) is 6.04 Å². The molecule has 0 amide bonds. The molecule has 0 radical (unpaired) electrons. The number of hydrogen-bond donors (Lipinski definition) is 1. The molecule has 0 saturated heterocycles. The summed E-state index contributed by atoms with van der Waals surface area (Å²) in [5, 5.41) is 0. The van der Waals surface area contributed by atoms with Crippen LogP contribution in [0.5, 0.6) is 0 Å². The fourth-order valence-corrected chi connectivity index (χ4v) is 1.90. The molecule has 1 rings (SSSR count). The first-order valence-electron chi connectivity index (χ1n) is 6.41. The van der Waals surface area contributed by atoms with Gasteiger partial charge in [0.2, 0.25) is 0 Å². The van der Waals surface area contributed by atoms with E-state index < -0.39 is 0 Å². The number of benzene rings is 1. The minimum atomic E-state index is 0.216. The summed E-state index contributed by atoms with van der Waals surface area (Å²) >= 11 is 0. The maximum Gasteiger partial charge on any atom is 0.0294 e. The highest BCUT2D eigenvalue weighted by molar-refractivity contribution is 5.23. The van der Waals surface area contributed by atoms with Crippen molar-refractivity contribution in [2.75, 3.05) is 0 Å². The highest BCUT2D eigenvalue weighted by atomic mass is 14.6. The average Bonchev–Trinajstić information content (AvgIpc) is 2.25. The zero-order valence-corrected chi connectivity index (χ0v) is 10.9. The Bertz CT molecular complexity index is 287. The van der Waals surface area contributed by atoms with Crippen LogP contribution in [0.1, 0.15) is 56.7 Å². The van der Waals surface area contributed by atoms with Gasteiger partial charge in [0.05, 0.1) is 0 Å². The monoisotopic (exact) mass is 219 g/mol. The standard InChI is InChI=1S/C15H25N/c1-12(2)6-4-5-7-15(16)14-10-8-13(3)9-11-14/h8-12,15H,4-7,16H2,1-3H3/t15-/m1/s1. The predicted octanol–water partition coefficient (Wildman–Crippen LogP) is 4.21. The molecule has 0 aliphatic carbocycles. The van der Waals surface area contributed by atoms with E-state index in [0.717, 1.165) is 12.3 Å². The van der Waals surface area contributed by atoms with E-state index in [1.54, 1.807) is 0 Å². The van der Waals surface area contributed by atoms with Crippen molar-refractivity contribution in [2.24, 2.45) is 11.7 Å². The Morgan fingerprint density at radius 2 is 1.56 bits per heavy atom. The van der Waals surface area contributed by atoms with Gasteiger partial charge in [0.15, 0.2) is 0 Å². The van der Waals surface area contributed by atoms with Crippen LogP contribution in [0.2, 0.25) is 0 Å². The number of rotatable bonds is 6. The third-order valence-corrected chi connectivity index (χ3v) is 3.05. The Kier molecular flexibility index (Phi) is 5.54. The molecule has 0 heterocycles. The molecule has 0 saturated carbocycles. The summed E-state index contributed by atoms with van der Waals surface area (Å²) in [7, 11) is 0. The van der Waals surface area contributed by atoms with Gasteiger partial charge in [0.25, 0.3) is 0 Å². The lowest BCUT2D eigenvalue weighted by molar-refractivity contribution is 0.504. The summed E-state index contributed by atoms with van der Waals surface area (Å²) in [5.74, 6) is 0.815. The van der Waals surface area contributed by atoms with E-state index in [1.165, 1.54) is 30.4 Å². The van der Waals surface area contributed by atoms with Gasteiger partial charge in [-0.3, -0.25) is 0 Å². The van der Waals surface area contributed by atoms with Crippen LogP contribution in [0, 0.1) is 12.8 Å². The summed E-state index contributed by atoms with van der Waals surface area (Å²) < 4.78 is 0. The van der Waals surface area contributed by atoms with Gasteiger partial charge in [0.1, 0.15) is 0 Å². The minimum Gasteiger partial charge on any atom is -0.324 e. The summed E-state index contributed by atoms with van der Waals surface area (Å²) in [6.45, 7) is 6.66. The zero-order chi connectivity index (χ0) is 12.0. The molecule has 1 aromatic carbocycles. The van der Waals surface area contributed by atoms with Crippen molar-refractivity contribution in [3.05, 3.63) is 35.4 Å². The Hall–Kier alpha value is -0.820. The molecule has 90 valence electrons. The van der Waals surface area contributed by atoms with Gasteiger partial charge >= 0.3 is 0 Å². The topological polar surface area (TPSA) is 26.0 Å². The molecule has 0 aliphatic heterocycles. The lowest BCUT2D eigenvalue weighted by atomic mass is 9.98.